The lowest BCUT2D eigenvalue weighted by Gasteiger charge is -2.26. The maximum absolute atomic E-state index is 5.42. The Morgan fingerprint density at radius 1 is 1.46 bits per heavy atom. The summed E-state index contributed by atoms with van der Waals surface area (Å²) >= 11 is 1.75. The highest BCUT2D eigenvalue weighted by Gasteiger charge is 2.15. The van der Waals surface area contributed by atoms with Crippen LogP contribution in [0.5, 0.6) is 0 Å². The van der Waals surface area contributed by atoms with Crippen LogP contribution in [0, 0.1) is 12.8 Å². The molecule has 1 aromatic rings. The molecule has 2 heterocycles. The lowest BCUT2D eigenvalue weighted by atomic mass is 9.96. The van der Waals surface area contributed by atoms with Gasteiger partial charge in [0.05, 0.1) is 5.01 Å². The van der Waals surface area contributed by atoms with E-state index in [9.17, 15) is 0 Å². The summed E-state index contributed by atoms with van der Waals surface area (Å²) in [6.45, 7) is 5.89. The van der Waals surface area contributed by atoms with Crippen molar-refractivity contribution in [2.45, 2.75) is 39.0 Å². The molecule has 0 bridgehead atoms. The van der Waals surface area contributed by atoms with E-state index in [1.165, 1.54) is 24.3 Å². The van der Waals surface area contributed by atoms with Gasteiger partial charge in [-0.1, -0.05) is 0 Å². The molecule has 1 saturated heterocycles. The van der Waals surface area contributed by atoms with Crippen molar-refractivity contribution in [1.82, 2.24) is 15.2 Å². The van der Waals surface area contributed by atoms with Gasteiger partial charge in [0.1, 0.15) is 0 Å². The molecule has 0 aliphatic carbocycles. The average Bonchev–Trinajstić information content (AvgIpc) is 2.99. The predicted molar refractivity (Wildman–Crippen MR) is 113 cm³/mol. The summed E-state index contributed by atoms with van der Waals surface area (Å²) in [4.78, 5) is 11.1. The third-order valence-corrected chi connectivity index (χ3v) is 5.33. The SMILES string of the molecule is CN=C(NCCCc1nc(C)cs1)N(C)CCC1CCOCC1.I. The van der Waals surface area contributed by atoms with Gasteiger partial charge in [-0.25, -0.2) is 4.98 Å². The quantitative estimate of drug-likeness (QED) is 0.290. The molecule has 0 amide bonds. The third kappa shape index (κ3) is 7.65. The summed E-state index contributed by atoms with van der Waals surface area (Å²) in [5, 5.41) is 6.81. The molecule has 0 atom stereocenters. The summed E-state index contributed by atoms with van der Waals surface area (Å²) in [6, 6.07) is 0. The Bertz CT molecular complexity index is 489. The van der Waals surface area contributed by atoms with Crippen molar-refractivity contribution in [2.24, 2.45) is 10.9 Å². The van der Waals surface area contributed by atoms with E-state index in [0.29, 0.717) is 0 Å². The topological polar surface area (TPSA) is 49.8 Å². The number of guanidine groups is 1. The molecule has 0 radical (unpaired) electrons. The molecule has 5 nitrogen and oxygen atoms in total. The maximum Gasteiger partial charge on any atom is 0.193 e. The lowest BCUT2D eigenvalue weighted by Crippen LogP contribution is -2.40. The van der Waals surface area contributed by atoms with E-state index >= 15 is 0 Å². The molecule has 1 fully saturated rings. The summed E-state index contributed by atoms with van der Waals surface area (Å²) < 4.78 is 5.42. The van der Waals surface area contributed by atoms with E-state index < -0.39 is 0 Å². The van der Waals surface area contributed by atoms with Crippen LogP contribution in [-0.2, 0) is 11.2 Å². The minimum absolute atomic E-state index is 0. The van der Waals surface area contributed by atoms with Gasteiger partial charge in [-0.05, 0) is 38.5 Å². The van der Waals surface area contributed by atoms with Crippen molar-refractivity contribution < 1.29 is 4.74 Å². The molecule has 0 aromatic carbocycles. The fraction of sp³-hybridized carbons (Fsp3) is 0.765. The number of aryl methyl sites for hydroxylation is 2. The number of ether oxygens (including phenoxy) is 1. The van der Waals surface area contributed by atoms with Gasteiger partial charge in [0.15, 0.2) is 5.96 Å². The van der Waals surface area contributed by atoms with Gasteiger partial charge < -0.3 is 15.0 Å². The normalized spacial score (nSPS) is 15.9. The summed E-state index contributed by atoms with van der Waals surface area (Å²) in [5.74, 6) is 1.80. The monoisotopic (exact) mass is 466 g/mol. The fourth-order valence-corrected chi connectivity index (χ4v) is 3.68. The van der Waals surface area contributed by atoms with E-state index in [2.05, 4.69) is 32.6 Å². The molecule has 2 rings (SSSR count). The van der Waals surface area contributed by atoms with E-state index in [-0.39, 0.29) is 24.0 Å². The maximum atomic E-state index is 5.42. The highest BCUT2D eigenvalue weighted by molar-refractivity contribution is 14.0. The highest BCUT2D eigenvalue weighted by atomic mass is 127. The van der Waals surface area contributed by atoms with Crippen LogP contribution in [0.4, 0.5) is 0 Å². The predicted octanol–water partition coefficient (Wildman–Crippen LogP) is 3.33. The Hall–Kier alpha value is -0.410. The fourth-order valence-electron chi connectivity index (χ4n) is 2.86. The first-order valence-corrected chi connectivity index (χ1v) is 9.47. The Morgan fingerprint density at radius 3 is 2.83 bits per heavy atom. The second-order valence-corrected chi connectivity index (χ2v) is 7.17. The van der Waals surface area contributed by atoms with Gasteiger partial charge in [-0.3, -0.25) is 4.99 Å². The van der Waals surface area contributed by atoms with Crippen LogP contribution < -0.4 is 5.32 Å². The lowest BCUT2D eigenvalue weighted by molar-refractivity contribution is 0.0625. The molecule has 1 aliphatic heterocycles. The molecule has 0 saturated carbocycles. The minimum Gasteiger partial charge on any atom is -0.381 e. The first-order valence-electron chi connectivity index (χ1n) is 8.59. The van der Waals surface area contributed by atoms with Crippen LogP contribution in [0.3, 0.4) is 0 Å². The zero-order valence-electron chi connectivity index (χ0n) is 15.1. The summed E-state index contributed by atoms with van der Waals surface area (Å²) in [5.41, 5.74) is 1.13. The van der Waals surface area contributed by atoms with Crippen molar-refractivity contribution in [1.29, 1.82) is 0 Å². The van der Waals surface area contributed by atoms with Gasteiger partial charge in [0.2, 0.25) is 0 Å². The van der Waals surface area contributed by atoms with Crippen molar-refractivity contribution in [2.75, 3.05) is 40.4 Å². The zero-order chi connectivity index (χ0) is 16.5. The summed E-state index contributed by atoms with van der Waals surface area (Å²) in [7, 11) is 3.98. The van der Waals surface area contributed by atoms with Gasteiger partial charge >= 0.3 is 0 Å². The number of thiazole rings is 1. The molecule has 0 unspecified atom stereocenters. The van der Waals surface area contributed by atoms with Gasteiger partial charge in [0, 0.05) is 57.9 Å². The van der Waals surface area contributed by atoms with Gasteiger partial charge in [-0.2, -0.15) is 0 Å². The molecule has 0 spiro atoms. The Morgan fingerprint density at radius 2 is 2.21 bits per heavy atom. The first-order chi connectivity index (χ1) is 11.2. The van der Waals surface area contributed by atoms with Crippen LogP contribution in [0.2, 0.25) is 0 Å². The number of aromatic nitrogens is 1. The largest absolute Gasteiger partial charge is 0.381 e. The number of aliphatic imine (C=N–C) groups is 1. The van der Waals surface area contributed by atoms with Crippen molar-refractivity contribution in [3.63, 3.8) is 0 Å². The highest BCUT2D eigenvalue weighted by Crippen LogP contribution is 2.18. The van der Waals surface area contributed by atoms with E-state index in [4.69, 9.17) is 4.74 Å². The van der Waals surface area contributed by atoms with Crippen LogP contribution in [0.1, 0.15) is 36.4 Å². The standard InChI is InChI=1S/C17H30N4OS.HI/c1-14-13-23-16(20-14)5-4-9-19-17(18-2)21(3)10-6-15-7-11-22-12-8-15;/h13,15H,4-12H2,1-3H3,(H,18,19);1H. The number of hydrogen-bond donors (Lipinski definition) is 1. The smallest absolute Gasteiger partial charge is 0.193 e. The molecule has 1 aromatic heterocycles. The van der Waals surface area contributed by atoms with E-state index in [1.807, 2.05) is 14.0 Å². The number of rotatable bonds is 7. The van der Waals surface area contributed by atoms with Crippen molar-refractivity contribution >= 4 is 41.3 Å². The van der Waals surface area contributed by atoms with Crippen LogP contribution in [0.15, 0.2) is 10.4 Å². The van der Waals surface area contributed by atoms with Crippen LogP contribution >= 0.6 is 35.3 Å². The van der Waals surface area contributed by atoms with Crippen molar-refractivity contribution in [3.05, 3.63) is 16.1 Å². The molecule has 24 heavy (non-hydrogen) atoms. The third-order valence-electron chi connectivity index (χ3n) is 4.30. The second kappa shape index (κ2) is 12.0. The molecule has 138 valence electrons. The number of halogens is 1. The number of nitrogens with one attached hydrogen (secondary N) is 1. The molecule has 1 aliphatic rings. The first kappa shape index (κ1) is 21.6. The number of nitrogens with zero attached hydrogens (tertiary/aromatic N) is 3. The van der Waals surface area contributed by atoms with Gasteiger partial charge in [-0.15, -0.1) is 35.3 Å². The minimum atomic E-state index is 0. The Labute approximate surface area is 167 Å². The Kier molecular flexibility index (Phi) is 10.8. The zero-order valence-corrected chi connectivity index (χ0v) is 18.2. The van der Waals surface area contributed by atoms with Crippen molar-refractivity contribution in [3.8, 4) is 0 Å². The molecule has 7 heteroatoms. The molecule has 1 N–H and O–H groups in total. The number of hydrogen-bond acceptors (Lipinski definition) is 4. The summed E-state index contributed by atoms with van der Waals surface area (Å²) in [6.07, 6.45) is 5.74. The van der Waals surface area contributed by atoms with Crippen LogP contribution in [0.25, 0.3) is 0 Å². The Balaban J connectivity index is 0.00000288. The van der Waals surface area contributed by atoms with E-state index in [1.54, 1.807) is 11.3 Å². The van der Waals surface area contributed by atoms with Gasteiger partial charge in [0.25, 0.3) is 0 Å². The average molecular weight is 466 g/mol. The van der Waals surface area contributed by atoms with E-state index in [0.717, 1.165) is 56.7 Å². The second-order valence-electron chi connectivity index (χ2n) is 6.23. The molecular weight excluding hydrogens is 435 g/mol. The van der Waals surface area contributed by atoms with Crippen LogP contribution in [-0.4, -0.2) is 56.2 Å². The molecular formula is C17H31IN4OS.